The van der Waals surface area contributed by atoms with Crippen molar-refractivity contribution in [1.82, 2.24) is 14.3 Å². The normalized spacial score (nSPS) is 17.1. The average molecular weight is 500 g/mol. The number of H-pyrrole nitrogens is 1. The molecule has 9 nitrogen and oxygen atoms in total. The number of sulfonamides is 2. The van der Waals surface area contributed by atoms with E-state index in [9.17, 15) is 22.1 Å². The molecule has 0 unspecified atom stereocenters. The van der Waals surface area contributed by atoms with Crippen molar-refractivity contribution in [3.63, 3.8) is 0 Å². The third kappa shape index (κ3) is 5.30. The number of anilines is 1. The summed E-state index contributed by atoms with van der Waals surface area (Å²) < 4.78 is 55.4. The Bertz CT molecular complexity index is 1400. The molecule has 0 saturated carbocycles. The van der Waals surface area contributed by atoms with E-state index in [0.717, 1.165) is 11.8 Å². The van der Waals surface area contributed by atoms with Gasteiger partial charge in [-0.2, -0.15) is 9.57 Å². The predicted molar refractivity (Wildman–Crippen MR) is 129 cm³/mol. The lowest BCUT2D eigenvalue weighted by Crippen LogP contribution is -2.47. The van der Waals surface area contributed by atoms with E-state index in [1.165, 1.54) is 8.61 Å². The molecule has 2 heterocycles. The van der Waals surface area contributed by atoms with Crippen LogP contribution in [0.5, 0.6) is 0 Å². The molecule has 11 heteroatoms. The van der Waals surface area contributed by atoms with E-state index < -0.39 is 26.1 Å². The number of rotatable bonds is 7. The molecule has 1 aliphatic rings. The summed E-state index contributed by atoms with van der Waals surface area (Å²) in [7, 11) is -7.52. The van der Waals surface area contributed by atoms with Crippen LogP contribution in [0.4, 0.5) is 5.69 Å². The summed E-state index contributed by atoms with van der Waals surface area (Å²) in [6.07, 6.45) is 4.85. The van der Waals surface area contributed by atoms with Gasteiger partial charge in [-0.25, -0.2) is 21.8 Å². The number of hydrogen-bond donors (Lipinski definition) is 1. The standard InChI is InChI=1S/C23H25N5O4S2/c1-33(29,30)27-16-20-13-19(15-24)7-8-22(20)28(17-21(27)14-18-5-3-2-4-6-18)34(31,32)12-9-23-25-10-11-26-23/h2-8,10-11,13,21H,9,12,14,16-17H2,1H3,(H,25,26)/t21-/m1/s1. The summed E-state index contributed by atoms with van der Waals surface area (Å²) in [6.45, 7) is -0.0628. The van der Waals surface area contributed by atoms with Crippen LogP contribution in [0.1, 0.15) is 22.5 Å². The average Bonchev–Trinajstić information content (AvgIpc) is 3.27. The highest BCUT2D eigenvalue weighted by Gasteiger charge is 2.37. The van der Waals surface area contributed by atoms with Gasteiger partial charge in [0.15, 0.2) is 0 Å². The molecule has 1 aromatic heterocycles. The zero-order chi connectivity index (χ0) is 24.3. The Morgan fingerprint density at radius 2 is 1.91 bits per heavy atom. The van der Waals surface area contributed by atoms with Crippen LogP contribution in [0.25, 0.3) is 0 Å². The first kappa shape index (κ1) is 23.9. The molecular weight excluding hydrogens is 474 g/mol. The van der Waals surface area contributed by atoms with Gasteiger partial charge in [-0.05, 0) is 35.7 Å². The van der Waals surface area contributed by atoms with Crippen molar-refractivity contribution < 1.29 is 16.8 Å². The lowest BCUT2D eigenvalue weighted by Gasteiger charge is -2.31. The van der Waals surface area contributed by atoms with Gasteiger partial charge in [0.1, 0.15) is 5.82 Å². The molecule has 2 aromatic carbocycles. The first-order valence-electron chi connectivity index (χ1n) is 10.7. The summed E-state index contributed by atoms with van der Waals surface area (Å²) in [5, 5.41) is 9.37. The van der Waals surface area contributed by atoms with Crippen molar-refractivity contribution in [2.24, 2.45) is 0 Å². The molecule has 0 fully saturated rings. The first-order chi connectivity index (χ1) is 16.2. The van der Waals surface area contributed by atoms with Crippen LogP contribution in [0, 0.1) is 11.3 Å². The molecule has 34 heavy (non-hydrogen) atoms. The third-order valence-electron chi connectivity index (χ3n) is 5.81. The second kappa shape index (κ2) is 9.58. The van der Waals surface area contributed by atoms with E-state index in [1.54, 1.807) is 30.6 Å². The van der Waals surface area contributed by atoms with Crippen LogP contribution in [-0.4, -0.2) is 55.7 Å². The van der Waals surface area contributed by atoms with E-state index in [0.29, 0.717) is 29.1 Å². The Balaban J connectivity index is 1.78. The second-order valence-corrected chi connectivity index (χ2v) is 12.2. The molecule has 0 spiro atoms. The Labute approximate surface area is 199 Å². The van der Waals surface area contributed by atoms with Gasteiger partial charge in [-0.15, -0.1) is 0 Å². The van der Waals surface area contributed by atoms with E-state index in [4.69, 9.17) is 0 Å². The van der Waals surface area contributed by atoms with Gasteiger partial charge in [0.05, 0.1) is 35.9 Å². The van der Waals surface area contributed by atoms with Gasteiger partial charge < -0.3 is 4.98 Å². The minimum atomic E-state index is -3.84. The maximum Gasteiger partial charge on any atom is 0.235 e. The van der Waals surface area contributed by atoms with Crippen LogP contribution in [0.15, 0.2) is 60.9 Å². The highest BCUT2D eigenvalue weighted by molar-refractivity contribution is 7.92. The molecule has 0 amide bonds. The number of benzene rings is 2. The van der Waals surface area contributed by atoms with Crippen LogP contribution < -0.4 is 4.31 Å². The van der Waals surface area contributed by atoms with Gasteiger partial charge in [-0.1, -0.05) is 30.3 Å². The fourth-order valence-electron chi connectivity index (χ4n) is 4.18. The summed E-state index contributed by atoms with van der Waals surface area (Å²) in [5.41, 5.74) is 2.10. The highest BCUT2D eigenvalue weighted by atomic mass is 32.2. The number of nitriles is 1. The molecule has 0 aliphatic carbocycles. The zero-order valence-corrected chi connectivity index (χ0v) is 20.3. The maximum absolute atomic E-state index is 13.6. The van der Waals surface area contributed by atoms with Crippen molar-refractivity contribution in [3.05, 3.63) is 83.4 Å². The Morgan fingerprint density at radius 1 is 1.15 bits per heavy atom. The molecule has 1 N–H and O–H groups in total. The summed E-state index contributed by atoms with van der Waals surface area (Å²) in [4.78, 5) is 7.01. The van der Waals surface area contributed by atoms with Crippen molar-refractivity contribution in [3.8, 4) is 6.07 Å². The SMILES string of the molecule is CS(=O)(=O)N1Cc2cc(C#N)ccc2N(S(=O)(=O)CCc2ncc[nH]2)C[C@H]1Cc1ccccc1. The van der Waals surface area contributed by atoms with Gasteiger partial charge in [0.25, 0.3) is 0 Å². The fraction of sp³-hybridized carbons (Fsp3) is 0.304. The van der Waals surface area contributed by atoms with Crippen LogP contribution in [0.3, 0.4) is 0 Å². The number of aromatic amines is 1. The molecule has 0 saturated heterocycles. The van der Waals surface area contributed by atoms with Gasteiger partial charge in [-0.3, -0.25) is 4.31 Å². The molecule has 1 atom stereocenters. The predicted octanol–water partition coefficient (Wildman–Crippen LogP) is 2.05. The molecule has 3 aromatic rings. The highest BCUT2D eigenvalue weighted by Crippen LogP contribution is 2.33. The molecule has 178 valence electrons. The van der Waals surface area contributed by atoms with Crippen molar-refractivity contribution in [2.75, 3.05) is 22.9 Å². The summed E-state index contributed by atoms with van der Waals surface area (Å²) in [5.74, 6) is 0.355. The van der Waals surface area contributed by atoms with E-state index in [2.05, 4.69) is 16.0 Å². The largest absolute Gasteiger partial charge is 0.349 e. The van der Waals surface area contributed by atoms with Crippen LogP contribution >= 0.6 is 0 Å². The molecule has 1 aliphatic heterocycles. The van der Waals surface area contributed by atoms with Crippen molar-refractivity contribution in [1.29, 1.82) is 5.26 Å². The van der Waals surface area contributed by atoms with Gasteiger partial charge in [0, 0.05) is 31.4 Å². The van der Waals surface area contributed by atoms with Gasteiger partial charge in [0.2, 0.25) is 20.0 Å². The minimum Gasteiger partial charge on any atom is -0.349 e. The number of hydrogen-bond acceptors (Lipinski definition) is 6. The van der Waals surface area contributed by atoms with Crippen LogP contribution in [0.2, 0.25) is 0 Å². The number of aryl methyl sites for hydroxylation is 1. The summed E-state index contributed by atoms with van der Waals surface area (Å²) in [6, 6.07) is 15.5. The molecule has 0 bridgehead atoms. The number of nitrogens with one attached hydrogen (secondary N) is 1. The topological polar surface area (TPSA) is 127 Å². The Kier molecular flexibility index (Phi) is 6.74. The fourth-order valence-corrected chi connectivity index (χ4v) is 6.78. The zero-order valence-electron chi connectivity index (χ0n) is 18.6. The minimum absolute atomic E-state index is 0.0224. The molecular formula is C23H25N5O4S2. The quantitative estimate of drug-likeness (QED) is 0.530. The van der Waals surface area contributed by atoms with E-state index in [-0.39, 0.29) is 25.3 Å². The Hall–Kier alpha value is -3.20. The number of nitrogens with zero attached hydrogens (tertiary/aromatic N) is 4. The number of aromatic nitrogens is 2. The maximum atomic E-state index is 13.6. The summed E-state index contributed by atoms with van der Waals surface area (Å²) >= 11 is 0. The van der Waals surface area contributed by atoms with E-state index in [1.807, 2.05) is 30.3 Å². The second-order valence-electron chi connectivity index (χ2n) is 8.24. The number of imidazole rings is 1. The number of fused-ring (bicyclic) bond motifs is 1. The third-order valence-corrected chi connectivity index (χ3v) is 8.83. The van der Waals surface area contributed by atoms with Crippen LogP contribution in [-0.2, 0) is 39.4 Å². The lowest BCUT2D eigenvalue weighted by atomic mass is 10.1. The molecule has 4 rings (SSSR count). The van der Waals surface area contributed by atoms with E-state index >= 15 is 0 Å². The molecule has 0 radical (unpaired) electrons. The smallest absolute Gasteiger partial charge is 0.235 e. The van der Waals surface area contributed by atoms with Crippen molar-refractivity contribution >= 4 is 25.7 Å². The first-order valence-corrected chi connectivity index (χ1v) is 14.2. The van der Waals surface area contributed by atoms with Gasteiger partial charge >= 0.3 is 0 Å². The monoisotopic (exact) mass is 499 g/mol. The lowest BCUT2D eigenvalue weighted by molar-refractivity contribution is 0.324. The van der Waals surface area contributed by atoms with Crippen molar-refractivity contribution in [2.45, 2.75) is 25.4 Å². The Morgan fingerprint density at radius 3 is 2.56 bits per heavy atom.